The zero-order valence-corrected chi connectivity index (χ0v) is 18.1. The first-order chi connectivity index (χ1) is 14.0. The number of amides is 1. The first kappa shape index (κ1) is 21.1. The minimum absolute atomic E-state index is 0.135. The minimum Gasteiger partial charge on any atom is -0.351 e. The molecule has 3 rings (SSSR count). The Labute approximate surface area is 177 Å². The van der Waals surface area contributed by atoms with E-state index in [1.807, 2.05) is 30.3 Å². The molecule has 1 heterocycles. The largest absolute Gasteiger partial charge is 0.351 e. The third-order valence-electron chi connectivity index (χ3n) is 5.14. The van der Waals surface area contributed by atoms with Crippen molar-refractivity contribution in [3.8, 4) is 16.9 Å². The average Bonchev–Trinajstić information content (AvgIpc) is 3.15. The van der Waals surface area contributed by atoms with Crippen molar-refractivity contribution in [2.45, 2.75) is 46.5 Å². The van der Waals surface area contributed by atoms with Gasteiger partial charge in [-0.1, -0.05) is 62.1 Å². The molecular formula is C24H28ClN3O. The summed E-state index contributed by atoms with van der Waals surface area (Å²) in [4.78, 5) is 12.9. The van der Waals surface area contributed by atoms with Crippen LogP contribution in [0.25, 0.3) is 16.9 Å². The van der Waals surface area contributed by atoms with Crippen molar-refractivity contribution in [2.75, 3.05) is 6.54 Å². The lowest BCUT2D eigenvalue weighted by molar-refractivity contribution is 0.0945. The molecule has 29 heavy (non-hydrogen) atoms. The van der Waals surface area contributed by atoms with Gasteiger partial charge in [0, 0.05) is 12.1 Å². The molecule has 0 spiro atoms. The van der Waals surface area contributed by atoms with Gasteiger partial charge < -0.3 is 5.32 Å². The van der Waals surface area contributed by atoms with E-state index in [2.05, 4.69) is 38.2 Å². The third kappa shape index (κ3) is 5.07. The average molecular weight is 410 g/mol. The van der Waals surface area contributed by atoms with Gasteiger partial charge >= 0.3 is 0 Å². The molecular weight excluding hydrogens is 382 g/mol. The Morgan fingerprint density at radius 3 is 2.55 bits per heavy atom. The maximum absolute atomic E-state index is 12.9. The van der Waals surface area contributed by atoms with E-state index in [1.165, 1.54) is 24.0 Å². The summed E-state index contributed by atoms with van der Waals surface area (Å²) >= 11 is 6.41. The smallest absolute Gasteiger partial charge is 0.270 e. The summed E-state index contributed by atoms with van der Waals surface area (Å²) in [6, 6.07) is 15.5. The zero-order valence-electron chi connectivity index (χ0n) is 17.3. The van der Waals surface area contributed by atoms with Gasteiger partial charge in [-0.2, -0.15) is 5.10 Å². The van der Waals surface area contributed by atoms with Gasteiger partial charge in [-0.15, -0.1) is 0 Å². The van der Waals surface area contributed by atoms with Crippen LogP contribution in [0.1, 0.15) is 54.2 Å². The van der Waals surface area contributed by atoms with Crippen LogP contribution in [0.3, 0.4) is 0 Å². The highest BCUT2D eigenvalue weighted by atomic mass is 35.5. The van der Waals surface area contributed by atoms with Gasteiger partial charge in [0.2, 0.25) is 0 Å². The van der Waals surface area contributed by atoms with Crippen molar-refractivity contribution >= 4 is 17.5 Å². The number of aryl methyl sites for hydroxylation is 2. The fourth-order valence-corrected chi connectivity index (χ4v) is 3.45. The van der Waals surface area contributed by atoms with Gasteiger partial charge in [0.05, 0.1) is 16.4 Å². The Bertz CT molecular complexity index is 994. The predicted molar refractivity (Wildman–Crippen MR) is 120 cm³/mol. The molecule has 0 bridgehead atoms. The van der Waals surface area contributed by atoms with Crippen LogP contribution in [-0.2, 0) is 0 Å². The number of unbranched alkanes of at least 4 members (excludes halogenated alkanes) is 3. The Hall–Kier alpha value is -2.59. The van der Waals surface area contributed by atoms with Gasteiger partial charge in [0.15, 0.2) is 0 Å². The van der Waals surface area contributed by atoms with E-state index < -0.39 is 0 Å². The van der Waals surface area contributed by atoms with Crippen LogP contribution in [0, 0.1) is 13.8 Å². The highest BCUT2D eigenvalue weighted by Crippen LogP contribution is 2.26. The molecule has 0 aliphatic rings. The van der Waals surface area contributed by atoms with Crippen LogP contribution in [0.2, 0.25) is 5.02 Å². The number of para-hydroxylation sites is 1. The lowest BCUT2D eigenvalue weighted by Crippen LogP contribution is -2.26. The summed E-state index contributed by atoms with van der Waals surface area (Å²) < 4.78 is 1.65. The van der Waals surface area contributed by atoms with Crippen molar-refractivity contribution in [3.63, 3.8) is 0 Å². The molecule has 0 atom stereocenters. The van der Waals surface area contributed by atoms with Gasteiger partial charge in [0.1, 0.15) is 5.69 Å². The van der Waals surface area contributed by atoms with E-state index in [-0.39, 0.29) is 5.91 Å². The van der Waals surface area contributed by atoms with Crippen molar-refractivity contribution in [2.24, 2.45) is 0 Å². The van der Waals surface area contributed by atoms with Crippen LogP contribution in [0.15, 0.2) is 48.5 Å². The van der Waals surface area contributed by atoms with Crippen LogP contribution in [-0.4, -0.2) is 22.2 Å². The zero-order chi connectivity index (χ0) is 20.8. The second kappa shape index (κ2) is 9.75. The van der Waals surface area contributed by atoms with E-state index in [4.69, 9.17) is 16.7 Å². The Morgan fingerprint density at radius 2 is 1.83 bits per heavy atom. The molecule has 152 valence electrons. The van der Waals surface area contributed by atoms with E-state index in [1.54, 1.807) is 10.7 Å². The van der Waals surface area contributed by atoms with E-state index in [0.717, 1.165) is 24.1 Å². The molecule has 0 unspecified atom stereocenters. The van der Waals surface area contributed by atoms with Crippen LogP contribution >= 0.6 is 11.6 Å². The highest BCUT2D eigenvalue weighted by molar-refractivity contribution is 6.32. The highest BCUT2D eigenvalue weighted by Gasteiger charge is 2.19. The fraction of sp³-hybridized carbons (Fsp3) is 0.333. The van der Waals surface area contributed by atoms with E-state index >= 15 is 0 Å². The number of halogens is 1. The number of carbonyl (C=O) groups excluding carboxylic acids is 1. The molecule has 4 nitrogen and oxygen atoms in total. The lowest BCUT2D eigenvalue weighted by atomic mass is 10.0. The molecule has 0 saturated heterocycles. The van der Waals surface area contributed by atoms with Crippen molar-refractivity contribution in [1.29, 1.82) is 0 Å². The standard InChI is InChI=1S/C24H28ClN3O/c1-4-5-6-9-14-26-24(29)23-16-21(19-13-12-17(2)18(3)15-19)27-28(23)22-11-8-7-10-20(22)25/h7-8,10-13,15-16H,4-6,9,14H2,1-3H3,(H,26,29). The van der Waals surface area contributed by atoms with E-state index in [9.17, 15) is 4.79 Å². The molecule has 1 amide bonds. The lowest BCUT2D eigenvalue weighted by Gasteiger charge is -2.09. The topological polar surface area (TPSA) is 46.9 Å². The number of nitrogens with zero attached hydrogens (tertiary/aromatic N) is 2. The SMILES string of the molecule is CCCCCCNC(=O)c1cc(-c2ccc(C)c(C)c2)nn1-c1ccccc1Cl. The van der Waals surface area contributed by atoms with Crippen LogP contribution in [0.4, 0.5) is 0 Å². The summed E-state index contributed by atoms with van der Waals surface area (Å²) in [7, 11) is 0. The molecule has 0 aliphatic heterocycles. The summed E-state index contributed by atoms with van der Waals surface area (Å²) in [5, 5.41) is 8.32. The quantitative estimate of drug-likeness (QED) is 0.455. The molecule has 3 aromatic rings. The van der Waals surface area contributed by atoms with Gasteiger partial charge in [-0.25, -0.2) is 4.68 Å². The normalized spacial score (nSPS) is 10.9. The molecule has 0 radical (unpaired) electrons. The summed E-state index contributed by atoms with van der Waals surface area (Å²) in [5.74, 6) is -0.135. The molecule has 1 N–H and O–H groups in total. The number of hydrogen-bond donors (Lipinski definition) is 1. The molecule has 0 fully saturated rings. The number of benzene rings is 2. The van der Waals surface area contributed by atoms with Crippen molar-refractivity contribution < 1.29 is 4.79 Å². The number of hydrogen-bond acceptors (Lipinski definition) is 2. The fourth-order valence-electron chi connectivity index (χ4n) is 3.24. The summed E-state index contributed by atoms with van der Waals surface area (Å²) in [6.07, 6.45) is 4.45. The number of carbonyl (C=O) groups is 1. The molecule has 1 aromatic heterocycles. The Balaban J connectivity index is 1.94. The predicted octanol–water partition coefficient (Wildman–Crippen LogP) is 6.12. The van der Waals surface area contributed by atoms with Crippen LogP contribution < -0.4 is 5.32 Å². The molecule has 0 saturated carbocycles. The number of rotatable bonds is 8. The van der Waals surface area contributed by atoms with Gasteiger partial charge in [0.25, 0.3) is 5.91 Å². The monoisotopic (exact) mass is 409 g/mol. The molecule has 0 aliphatic carbocycles. The Morgan fingerprint density at radius 1 is 1.03 bits per heavy atom. The number of aromatic nitrogens is 2. The first-order valence-corrected chi connectivity index (χ1v) is 10.6. The van der Waals surface area contributed by atoms with Crippen LogP contribution in [0.5, 0.6) is 0 Å². The maximum Gasteiger partial charge on any atom is 0.270 e. The van der Waals surface area contributed by atoms with Crippen molar-refractivity contribution in [3.05, 3.63) is 70.4 Å². The third-order valence-corrected chi connectivity index (χ3v) is 5.46. The summed E-state index contributed by atoms with van der Waals surface area (Å²) in [6.45, 7) is 6.99. The first-order valence-electron chi connectivity index (χ1n) is 10.2. The summed E-state index contributed by atoms with van der Waals surface area (Å²) in [5.41, 5.74) is 5.34. The van der Waals surface area contributed by atoms with Gasteiger partial charge in [-0.3, -0.25) is 4.79 Å². The number of nitrogens with one attached hydrogen (secondary N) is 1. The second-order valence-corrected chi connectivity index (χ2v) is 7.80. The van der Waals surface area contributed by atoms with Crippen molar-refractivity contribution in [1.82, 2.24) is 15.1 Å². The minimum atomic E-state index is -0.135. The van der Waals surface area contributed by atoms with Gasteiger partial charge in [-0.05, 0) is 55.7 Å². The maximum atomic E-state index is 12.9. The van der Waals surface area contributed by atoms with E-state index in [0.29, 0.717) is 22.9 Å². The Kier molecular flexibility index (Phi) is 7.10. The molecule has 5 heteroatoms. The second-order valence-electron chi connectivity index (χ2n) is 7.39. The molecule has 2 aromatic carbocycles.